The number of carbonyl (C=O) groups excluding carboxylic acids is 1. The third-order valence-corrected chi connectivity index (χ3v) is 7.19. The van der Waals surface area contributed by atoms with Gasteiger partial charge in [-0.2, -0.15) is 0 Å². The van der Waals surface area contributed by atoms with Crippen LogP contribution in [0.2, 0.25) is 0 Å². The zero-order valence-corrected chi connectivity index (χ0v) is 17.5. The zero-order chi connectivity index (χ0) is 21.4. The van der Waals surface area contributed by atoms with Crippen LogP contribution in [-0.2, 0) is 9.53 Å². The number of alkyl carbamates (subject to hydrolysis) is 1. The Balaban J connectivity index is 1.20. The van der Waals surface area contributed by atoms with Crippen LogP contribution in [0.5, 0.6) is 0 Å². The Morgan fingerprint density at radius 2 is 1.58 bits per heavy atom. The molecule has 0 bridgehead atoms. The molecule has 3 aliphatic rings. The Hall–Kier alpha value is -2.86. The van der Waals surface area contributed by atoms with Gasteiger partial charge >= 0.3 is 12.1 Å². The van der Waals surface area contributed by atoms with Crippen molar-refractivity contribution in [3.8, 4) is 11.1 Å². The Kier molecular flexibility index (Phi) is 5.18. The fourth-order valence-electron chi connectivity index (χ4n) is 5.11. The highest BCUT2D eigenvalue weighted by Crippen LogP contribution is 2.44. The van der Waals surface area contributed by atoms with Gasteiger partial charge in [-0.25, -0.2) is 4.79 Å². The number of aliphatic carboxylic acids is 1. The molecular formula is C25H28N2O4. The second-order valence-corrected chi connectivity index (χ2v) is 9.03. The summed E-state index contributed by atoms with van der Waals surface area (Å²) < 4.78 is 5.57. The number of carbonyl (C=O) groups is 2. The fourth-order valence-corrected chi connectivity index (χ4v) is 5.11. The average molecular weight is 421 g/mol. The highest BCUT2D eigenvalue weighted by molar-refractivity contribution is 5.79. The van der Waals surface area contributed by atoms with E-state index in [0.29, 0.717) is 18.9 Å². The molecule has 1 amide bonds. The van der Waals surface area contributed by atoms with E-state index in [9.17, 15) is 14.7 Å². The number of rotatable bonds is 6. The predicted octanol–water partition coefficient (Wildman–Crippen LogP) is 3.85. The lowest BCUT2D eigenvalue weighted by atomic mass is 9.78. The van der Waals surface area contributed by atoms with Crippen LogP contribution in [-0.4, -0.2) is 54.4 Å². The van der Waals surface area contributed by atoms with Gasteiger partial charge in [-0.1, -0.05) is 48.5 Å². The van der Waals surface area contributed by atoms with Gasteiger partial charge in [-0.15, -0.1) is 0 Å². The van der Waals surface area contributed by atoms with Crippen molar-refractivity contribution in [1.29, 1.82) is 0 Å². The molecule has 1 aliphatic heterocycles. The van der Waals surface area contributed by atoms with Crippen molar-refractivity contribution >= 4 is 12.1 Å². The first kappa shape index (κ1) is 20.1. The van der Waals surface area contributed by atoms with Crippen LogP contribution in [0.15, 0.2) is 48.5 Å². The van der Waals surface area contributed by atoms with Crippen molar-refractivity contribution in [2.75, 3.05) is 26.2 Å². The van der Waals surface area contributed by atoms with Gasteiger partial charge in [0.2, 0.25) is 0 Å². The third-order valence-electron chi connectivity index (χ3n) is 7.19. The van der Waals surface area contributed by atoms with Crippen LogP contribution in [0.3, 0.4) is 0 Å². The summed E-state index contributed by atoms with van der Waals surface area (Å²) in [4.78, 5) is 26.9. The summed E-state index contributed by atoms with van der Waals surface area (Å²) >= 11 is 0. The number of fused-ring (bicyclic) bond motifs is 3. The normalized spacial score (nSPS) is 20.0. The highest BCUT2D eigenvalue weighted by Gasteiger charge is 2.44. The molecular weight excluding hydrogens is 392 g/mol. The van der Waals surface area contributed by atoms with Gasteiger partial charge < -0.3 is 20.1 Å². The molecule has 0 aromatic heterocycles. The molecule has 2 aliphatic carbocycles. The van der Waals surface area contributed by atoms with E-state index < -0.39 is 17.5 Å². The molecule has 2 aromatic carbocycles. The summed E-state index contributed by atoms with van der Waals surface area (Å²) in [7, 11) is 0. The summed E-state index contributed by atoms with van der Waals surface area (Å²) in [5.41, 5.74) is 3.77. The first-order valence-electron chi connectivity index (χ1n) is 11.1. The third kappa shape index (κ3) is 3.81. The second-order valence-electron chi connectivity index (χ2n) is 9.03. The maximum Gasteiger partial charge on any atom is 0.407 e. The van der Waals surface area contributed by atoms with Gasteiger partial charge in [0.05, 0.1) is 5.41 Å². The standard InChI is InChI=1S/C25H28N2O4/c28-23(29)25(11-13-27(14-12-25)17-9-10-17)16-26-24(30)31-15-22-20-7-3-1-5-18(20)19-6-2-4-8-21(19)22/h1-8,17,22H,9-16H2,(H,26,30)(H,28,29). The van der Waals surface area contributed by atoms with Crippen molar-refractivity contribution < 1.29 is 19.4 Å². The molecule has 0 spiro atoms. The van der Waals surface area contributed by atoms with Crippen molar-refractivity contribution in [3.05, 3.63) is 59.7 Å². The number of nitrogens with one attached hydrogen (secondary N) is 1. The van der Waals surface area contributed by atoms with Crippen LogP contribution in [0, 0.1) is 5.41 Å². The minimum absolute atomic E-state index is 0.00614. The number of benzene rings is 2. The number of carboxylic acids is 1. The summed E-state index contributed by atoms with van der Waals surface area (Å²) in [5.74, 6) is -0.838. The number of hydrogen-bond donors (Lipinski definition) is 2. The first-order chi connectivity index (χ1) is 15.1. The Bertz CT molecular complexity index is 947. The molecule has 0 radical (unpaired) electrons. The van der Waals surface area contributed by atoms with Gasteiger partial charge in [-0.05, 0) is 61.0 Å². The van der Waals surface area contributed by atoms with Crippen LogP contribution in [0.25, 0.3) is 11.1 Å². The van der Waals surface area contributed by atoms with Crippen molar-refractivity contribution in [1.82, 2.24) is 10.2 Å². The van der Waals surface area contributed by atoms with Crippen molar-refractivity contribution in [2.45, 2.75) is 37.6 Å². The smallest absolute Gasteiger partial charge is 0.407 e. The van der Waals surface area contributed by atoms with E-state index >= 15 is 0 Å². The Labute approximate surface area is 182 Å². The number of amides is 1. The van der Waals surface area contributed by atoms with Crippen LogP contribution < -0.4 is 5.32 Å². The summed E-state index contributed by atoms with van der Waals surface area (Å²) in [6, 6.07) is 17.0. The molecule has 162 valence electrons. The number of likely N-dealkylation sites (tertiary alicyclic amines) is 1. The molecule has 6 nitrogen and oxygen atoms in total. The monoisotopic (exact) mass is 420 g/mol. The minimum atomic E-state index is -0.906. The average Bonchev–Trinajstić information content (AvgIpc) is 3.59. The van der Waals surface area contributed by atoms with E-state index in [1.54, 1.807) is 0 Å². The number of carboxylic acid groups (broad SMARTS) is 1. The van der Waals surface area contributed by atoms with Gasteiger partial charge in [0, 0.05) is 18.5 Å². The highest BCUT2D eigenvalue weighted by atomic mass is 16.5. The van der Waals surface area contributed by atoms with Gasteiger partial charge in [0.25, 0.3) is 0 Å². The molecule has 2 aromatic rings. The largest absolute Gasteiger partial charge is 0.481 e. The molecule has 1 saturated heterocycles. The lowest BCUT2D eigenvalue weighted by Gasteiger charge is -2.39. The maximum atomic E-state index is 12.5. The number of piperidine rings is 1. The van der Waals surface area contributed by atoms with Gasteiger partial charge in [0.1, 0.15) is 6.61 Å². The number of hydrogen-bond acceptors (Lipinski definition) is 4. The van der Waals surface area contributed by atoms with Crippen molar-refractivity contribution in [3.63, 3.8) is 0 Å². The van der Waals surface area contributed by atoms with Gasteiger partial charge in [-0.3, -0.25) is 4.79 Å². The van der Waals surface area contributed by atoms with Crippen molar-refractivity contribution in [2.24, 2.45) is 5.41 Å². The molecule has 5 rings (SSSR count). The van der Waals surface area contributed by atoms with E-state index in [1.807, 2.05) is 24.3 Å². The van der Waals surface area contributed by atoms with Crippen LogP contribution >= 0.6 is 0 Å². The maximum absolute atomic E-state index is 12.5. The molecule has 2 N–H and O–H groups in total. The lowest BCUT2D eigenvalue weighted by molar-refractivity contribution is -0.151. The van der Waals surface area contributed by atoms with E-state index in [1.165, 1.54) is 24.0 Å². The molecule has 2 fully saturated rings. The molecule has 0 atom stereocenters. The first-order valence-corrected chi connectivity index (χ1v) is 11.1. The molecule has 1 heterocycles. The number of ether oxygens (including phenoxy) is 1. The molecule has 1 saturated carbocycles. The summed E-state index contributed by atoms with van der Waals surface area (Å²) in [5, 5.41) is 12.6. The predicted molar refractivity (Wildman–Crippen MR) is 117 cm³/mol. The summed E-state index contributed by atoms with van der Waals surface area (Å²) in [6.07, 6.45) is 3.01. The van der Waals surface area contributed by atoms with E-state index in [-0.39, 0.29) is 19.1 Å². The SMILES string of the molecule is O=C(NCC1(C(=O)O)CCN(C2CC2)CC1)OCC1c2ccccc2-c2ccccc21. The number of nitrogens with zero attached hydrogens (tertiary/aromatic N) is 1. The fraction of sp³-hybridized carbons (Fsp3) is 0.440. The summed E-state index contributed by atoms with van der Waals surface area (Å²) in [6.45, 7) is 1.90. The minimum Gasteiger partial charge on any atom is -0.481 e. The molecule has 0 unspecified atom stereocenters. The Morgan fingerprint density at radius 1 is 1.00 bits per heavy atom. The van der Waals surface area contributed by atoms with Crippen LogP contribution in [0.1, 0.15) is 42.7 Å². The van der Waals surface area contributed by atoms with Crippen LogP contribution in [0.4, 0.5) is 4.79 Å². The molecule has 31 heavy (non-hydrogen) atoms. The van der Waals surface area contributed by atoms with E-state index in [2.05, 4.69) is 34.5 Å². The topological polar surface area (TPSA) is 78.9 Å². The second kappa shape index (κ2) is 8.00. The van der Waals surface area contributed by atoms with E-state index in [4.69, 9.17) is 4.74 Å². The lowest BCUT2D eigenvalue weighted by Crippen LogP contribution is -2.51. The quantitative estimate of drug-likeness (QED) is 0.742. The Morgan fingerprint density at radius 3 is 2.13 bits per heavy atom. The van der Waals surface area contributed by atoms with Gasteiger partial charge in [0.15, 0.2) is 0 Å². The zero-order valence-electron chi connectivity index (χ0n) is 17.5. The molecule has 6 heteroatoms. The van der Waals surface area contributed by atoms with E-state index in [0.717, 1.165) is 24.2 Å².